The highest BCUT2D eigenvalue weighted by atomic mass is 79.9. The maximum atomic E-state index is 13.2. The predicted octanol–water partition coefficient (Wildman–Crippen LogP) is 5.87. The lowest BCUT2D eigenvalue weighted by atomic mass is 10.1. The Hall–Kier alpha value is -1.27. The molecule has 0 aliphatic heterocycles. The molecular weight excluding hydrogens is 374 g/mol. The lowest BCUT2D eigenvalue weighted by Crippen LogP contribution is -2.07. The fourth-order valence-corrected chi connectivity index (χ4v) is 2.51. The van der Waals surface area contributed by atoms with Gasteiger partial charge in [0.05, 0.1) is 10.6 Å². The van der Waals surface area contributed by atoms with Crippen LogP contribution in [0.25, 0.3) is 0 Å². The van der Waals surface area contributed by atoms with Gasteiger partial charge in [0.15, 0.2) is 0 Å². The topological polar surface area (TPSA) is 12.0 Å². The largest absolute Gasteiger partial charge is 0.417 e. The van der Waals surface area contributed by atoms with Crippen molar-refractivity contribution >= 4 is 33.2 Å². The Morgan fingerprint density at radius 3 is 2.43 bits per heavy atom. The molecule has 0 aromatic heterocycles. The molecule has 0 aliphatic rings. The second-order valence-corrected chi connectivity index (χ2v) is 5.65. The molecule has 1 nitrogen and oxygen atoms in total. The average molecular weight is 383 g/mol. The fraction of sp³-hybridized carbons (Fsp3) is 0.143. The molecule has 2 aromatic rings. The highest BCUT2D eigenvalue weighted by Gasteiger charge is 2.33. The van der Waals surface area contributed by atoms with Gasteiger partial charge in [0.2, 0.25) is 0 Å². The zero-order valence-electron chi connectivity index (χ0n) is 10.4. The Morgan fingerprint density at radius 2 is 1.81 bits per heavy atom. The molecule has 1 N–H and O–H groups in total. The maximum Gasteiger partial charge on any atom is 0.417 e. The second kappa shape index (κ2) is 6.23. The van der Waals surface area contributed by atoms with E-state index in [0.717, 1.165) is 6.07 Å². The normalized spacial score (nSPS) is 11.5. The SMILES string of the molecule is Fc1cc(Br)cc(CNc2ccc(Cl)c(C(F)(F)F)c2)c1. The smallest absolute Gasteiger partial charge is 0.381 e. The van der Waals surface area contributed by atoms with Gasteiger partial charge in [-0.05, 0) is 42.0 Å². The molecule has 0 aliphatic carbocycles. The van der Waals surface area contributed by atoms with Crippen molar-refractivity contribution in [3.63, 3.8) is 0 Å². The summed E-state index contributed by atoms with van der Waals surface area (Å²) in [5.41, 5.74) is -0.0490. The van der Waals surface area contributed by atoms with E-state index < -0.39 is 17.6 Å². The maximum absolute atomic E-state index is 13.2. The molecular formula is C14H9BrClF4N. The first kappa shape index (κ1) is 16.1. The van der Waals surface area contributed by atoms with Crippen LogP contribution in [-0.4, -0.2) is 0 Å². The first-order chi connectivity index (χ1) is 9.75. The van der Waals surface area contributed by atoms with Crippen LogP contribution in [0.4, 0.5) is 23.2 Å². The van der Waals surface area contributed by atoms with Crippen molar-refractivity contribution in [1.82, 2.24) is 0 Å². The summed E-state index contributed by atoms with van der Waals surface area (Å²) in [5, 5.41) is 2.45. The van der Waals surface area contributed by atoms with Crippen molar-refractivity contribution in [2.45, 2.75) is 12.7 Å². The number of rotatable bonds is 3. The van der Waals surface area contributed by atoms with Crippen LogP contribution in [0, 0.1) is 5.82 Å². The number of anilines is 1. The number of hydrogen-bond donors (Lipinski definition) is 1. The summed E-state index contributed by atoms with van der Waals surface area (Å²) in [6, 6.07) is 7.82. The lowest BCUT2D eigenvalue weighted by molar-refractivity contribution is -0.137. The minimum absolute atomic E-state index is 0.190. The van der Waals surface area contributed by atoms with Crippen molar-refractivity contribution in [2.75, 3.05) is 5.32 Å². The van der Waals surface area contributed by atoms with Crippen LogP contribution in [0.15, 0.2) is 40.9 Å². The molecule has 0 unspecified atom stereocenters. The third kappa shape index (κ3) is 4.35. The Morgan fingerprint density at radius 1 is 1.10 bits per heavy atom. The van der Waals surface area contributed by atoms with Crippen molar-refractivity contribution in [3.05, 3.63) is 62.8 Å². The summed E-state index contributed by atoms with van der Waals surface area (Å²) in [7, 11) is 0. The standard InChI is InChI=1S/C14H9BrClF4N/c15-9-3-8(4-10(17)5-9)7-21-11-1-2-13(16)12(6-11)14(18,19)20/h1-6,21H,7H2. The molecule has 0 saturated heterocycles. The first-order valence-electron chi connectivity index (χ1n) is 5.81. The number of alkyl halides is 3. The number of halogens is 6. The molecule has 0 atom stereocenters. The summed E-state index contributed by atoms with van der Waals surface area (Å²) < 4.78 is 52.0. The van der Waals surface area contributed by atoms with Crippen LogP contribution in [0.1, 0.15) is 11.1 Å². The molecule has 0 saturated carbocycles. The van der Waals surface area contributed by atoms with Crippen molar-refractivity contribution in [1.29, 1.82) is 0 Å². The molecule has 2 aromatic carbocycles. The van der Waals surface area contributed by atoms with Gasteiger partial charge in [0.25, 0.3) is 0 Å². The minimum Gasteiger partial charge on any atom is -0.381 e. The first-order valence-corrected chi connectivity index (χ1v) is 6.98. The highest BCUT2D eigenvalue weighted by Crippen LogP contribution is 2.36. The summed E-state index contributed by atoms with van der Waals surface area (Å²) in [6.45, 7) is 0.190. The fourth-order valence-electron chi connectivity index (χ4n) is 1.77. The van der Waals surface area contributed by atoms with Crippen LogP contribution in [0.5, 0.6) is 0 Å². The number of nitrogens with one attached hydrogen (secondary N) is 1. The predicted molar refractivity (Wildman–Crippen MR) is 77.9 cm³/mol. The molecule has 0 heterocycles. The van der Waals surface area contributed by atoms with Crippen molar-refractivity contribution in [2.24, 2.45) is 0 Å². The molecule has 7 heteroatoms. The Labute approximate surface area is 132 Å². The van der Waals surface area contributed by atoms with E-state index in [0.29, 0.717) is 10.0 Å². The van der Waals surface area contributed by atoms with Crippen LogP contribution in [0.3, 0.4) is 0 Å². The molecule has 0 bridgehead atoms. The van der Waals surface area contributed by atoms with Gasteiger partial charge in [0.1, 0.15) is 5.82 Å². The van der Waals surface area contributed by atoms with E-state index in [-0.39, 0.29) is 17.3 Å². The quantitative estimate of drug-likeness (QED) is 0.654. The monoisotopic (exact) mass is 381 g/mol. The van der Waals surface area contributed by atoms with Gasteiger partial charge in [-0.25, -0.2) is 4.39 Å². The second-order valence-electron chi connectivity index (χ2n) is 4.32. The van der Waals surface area contributed by atoms with E-state index in [1.54, 1.807) is 6.07 Å². The van der Waals surface area contributed by atoms with E-state index in [1.807, 2.05) is 0 Å². The van der Waals surface area contributed by atoms with Gasteiger partial charge >= 0.3 is 6.18 Å². The molecule has 21 heavy (non-hydrogen) atoms. The zero-order chi connectivity index (χ0) is 15.6. The van der Waals surface area contributed by atoms with E-state index in [9.17, 15) is 17.6 Å². The molecule has 0 amide bonds. The van der Waals surface area contributed by atoms with Crippen LogP contribution >= 0.6 is 27.5 Å². The lowest BCUT2D eigenvalue weighted by Gasteiger charge is -2.12. The molecule has 2 rings (SSSR count). The van der Waals surface area contributed by atoms with Gasteiger partial charge in [-0.15, -0.1) is 0 Å². The number of benzene rings is 2. The third-order valence-electron chi connectivity index (χ3n) is 2.69. The van der Waals surface area contributed by atoms with Crippen LogP contribution in [0.2, 0.25) is 5.02 Å². The third-order valence-corrected chi connectivity index (χ3v) is 3.48. The number of hydrogen-bond acceptors (Lipinski definition) is 1. The molecule has 0 radical (unpaired) electrons. The summed E-state index contributed by atoms with van der Waals surface area (Å²) in [6.07, 6.45) is -4.52. The summed E-state index contributed by atoms with van der Waals surface area (Å²) in [5.74, 6) is -0.423. The minimum atomic E-state index is -4.52. The van der Waals surface area contributed by atoms with Crippen molar-refractivity contribution < 1.29 is 17.6 Å². The highest BCUT2D eigenvalue weighted by molar-refractivity contribution is 9.10. The van der Waals surface area contributed by atoms with Crippen LogP contribution in [-0.2, 0) is 12.7 Å². The van der Waals surface area contributed by atoms with E-state index >= 15 is 0 Å². The Kier molecular flexibility index (Phi) is 4.78. The van der Waals surface area contributed by atoms with E-state index in [4.69, 9.17) is 11.6 Å². The Balaban J connectivity index is 2.17. The Bertz CT molecular complexity index is 638. The molecule has 0 spiro atoms. The van der Waals surface area contributed by atoms with Gasteiger partial charge < -0.3 is 5.32 Å². The van der Waals surface area contributed by atoms with Crippen LogP contribution < -0.4 is 5.32 Å². The zero-order valence-corrected chi connectivity index (χ0v) is 12.8. The van der Waals surface area contributed by atoms with Crippen molar-refractivity contribution in [3.8, 4) is 0 Å². The van der Waals surface area contributed by atoms with Gasteiger partial charge in [-0.2, -0.15) is 13.2 Å². The summed E-state index contributed by atoms with van der Waals surface area (Å²) >= 11 is 8.69. The van der Waals surface area contributed by atoms with Gasteiger partial charge in [0, 0.05) is 16.7 Å². The van der Waals surface area contributed by atoms with Gasteiger partial charge in [-0.1, -0.05) is 27.5 Å². The van der Waals surface area contributed by atoms with E-state index in [2.05, 4.69) is 21.2 Å². The summed E-state index contributed by atoms with van der Waals surface area (Å²) in [4.78, 5) is 0. The molecule has 112 valence electrons. The van der Waals surface area contributed by atoms with E-state index in [1.165, 1.54) is 24.3 Å². The van der Waals surface area contributed by atoms with Gasteiger partial charge in [-0.3, -0.25) is 0 Å². The molecule has 0 fully saturated rings. The average Bonchev–Trinajstić information content (AvgIpc) is 2.35.